The number of carboxylic acids is 2. The zero-order valence-corrected chi connectivity index (χ0v) is 19.4. The van der Waals surface area contributed by atoms with E-state index in [9.17, 15) is 24.3 Å². The molecule has 0 aliphatic heterocycles. The second kappa shape index (κ2) is 11.7. The average molecular weight is 501 g/mol. The summed E-state index contributed by atoms with van der Waals surface area (Å²) in [5.41, 5.74) is 4.13. The van der Waals surface area contributed by atoms with Crippen LogP contribution in [0.4, 0.5) is 11.4 Å². The number of ketones is 1. The maximum absolute atomic E-state index is 13.3. The van der Waals surface area contributed by atoms with Crippen molar-refractivity contribution in [1.82, 2.24) is 5.32 Å². The lowest BCUT2D eigenvalue weighted by Gasteiger charge is -2.40. The van der Waals surface area contributed by atoms with Gasteiger partial charge in [0.2, 0.25) is 5.91 Å². The highest BCUT2D eigenvalue weighted by atomic mass is 32.1. The van der Waals surface area contributed by atoms with E-state index in [0.717, 1.165) is 6.92 Å². The zero-order chi connectivity index (χ0) is 26.2. The molecule has 0 spiro atoms. The molecule has 2 aromatic rings. The number of benzene rings is 2. The Morgan fingerprint density at radius 2 is 1.71 bits per heavy atom. The third-order valence-corrected chi connectivity index (χ3v) is 4.99. The van der Waals surface area contributed by atoms with Crippen molar-refractivity contribution in [3.05, 3.63) is 60.2 Å². The van der Waals surface area contributed by atoms with Gasteiger partial charge >= 0.3 is 11.9 Å². The minimum Gasteiger partial charge on any atom is -0.481 e. The number of hydrazone groups is 1. The lowest BCUT2D eigenvalue weighted by molar-refractivity contribution is -0.150. The molecule has 0 saturated heterocycles. The van der Waals surface area contributed by atoms with Crippen LogP contribution in [-0.2, 0) is 19.2 Å². The summed E-state index contributed by atoms with van der Waals surface area (Å²) < 4.78 is 0. The second-order valence-electron chi connectivity index (χ2n) is 7.26. The van der Waals surface area contributed by atoms with Crippen molar-refractivity contribution in [3.8, 4) is 0 Å². The molecule has 12 nitrogen and oxygen atoms in total. The molecule has 0 heterocycles. The maximum Gasteiger partial charge on any atom is 0.359 e. The number of carbonyl (C=O) groups excluding carboxylic acids is 2. The van der Waals surface area contributed by atoms with Crippen LogP contribution < -0.4 is 27.1 Å². The first-order valence-corrected chi connectivity index (χ1v) is 10.5. The Morgan fingerprint density at radius 3 is 2.20 bits per heavy atom. The van der Waals surface area contributed by atoms with Gasteiger partial charge in [0, 0.05) is 11.4 Å². The zero-order valence-electron chi connectivity index (χ0n) is 18.5. The predicted octanol–water partition coefficient (Wildman–Crippen LogP) is 0.471. The van der Waals surface area contributed by atoms with Crippen molar-refractivity contribution >= 4 is 58.5 Å². The summed E-state index contributed by atoms with van der Waals surface area (Å²) >= 11 is 5.25. The Morgan fingerprint density at radius 1 is 1.11 bits per heavy atom. The molecule has 2 atom stereocenters. The summed E-state index contributed by atoms with van der Waals surface area (Å²) in [6.07, 6.45) is 0.617. The summed E-state index contributed by atoms with van der Waals surface area (Å²) in [6, 6.07) is 12.2. The van der Waals surface area contributed by atoms with E-state index >= 15 is 0 Å². The Kier molecular flexibility index (Phi) is 8.97. The second-order valence-corrected chi connectivity index (χ2v) is 7.67. The number of hydrogen-bond donors (Lipinski definition) is 6. The summed E-state index contributed by atoms with van der Waals surface area (Å²) in [5.74, 6) is -0.149. The van der Waals surface area contributed by atoms with E-state index in [1.165, 1.54) is 30.5 Å². The normalized spacial score (nSPS) is 13.3. The number of carboxylic acid groups (broad SMARTS) is 2. The number of nitrogens with one attached hydrogen (secondary N) is 2. The molecule has 2 rings (SSSR count). The van der Waals surface area contributed by atoms with Crippen molar-refractivity contribution in [3.63, 3.8) is 0 Å². The molecular formula is C22H24N6O6S. The molecule has 184 valence electrons. The summed E-state index contributed by atoms with van der Waals surface area (Å²) in [6.45, 7) is 0.955. The molecule has 0 fully saturated rings. The largest absolute Gasteiger partial charge is 0.481 e. The summed E-state index contributed by atoms with van der Waals surface area (Å²) in [5, 5.41) is 27.6. The van der Waals surface area contributed by atoms with Gasteiger partial charge in [0.25, 0.3) is 5.66 Å². The lowest BCUT2D eigenvalue weighted by atomic mass is 9.99. The Labute approximate surface area is 205 Å². The molecule has 8 N–H and O–H groups in total. The van der Waals surface area contributed by atoms with Crippen LogP contribution >= 0.6 is 12.2 Å². The Hall–Kier alpha value is -4.36. The summed E-state index contributed by atoms with van der Waals surface area (Å²) in [7, 11) is 0. The molecule has 1 amide bonds. The number of amides is 1. The van der Waals surface area contributed by atoms with Crippen molar-refractivity contribution in [1.29, 1.82) is 0 Å². The molecule has 0 radical (unpaired) electrons. The summed E-state index contributed by atoms with van der Waals surface area (Å²) in [4.78, 5) is 50.5. The van der Waals surface area contributed by atoms with Crippen LogP contribution in [0.1, 0.15) is 18.9 Å². The van der Waals surface area contributed by atoms with Gasteiger partial charge in [-0.15, -0.1) is 0 Å². The quantitative estimate of drug-likeness (QED) is 0.0661. The van der Waals surface area contributed by atoms with Crippen LogP contribution in [0, 0.1) is 0 Å². The molecule has 13 heteroatoms. The minimum atomic E-state index is -2.75. The van der Waals surface area contributed by atoms with E-state index in [-0.39, 0.29) is 10.8 Å². The monoisotopic (exact) mass is 500 g/mol. The van der Waals surface area contributed by atoms with Gasteiger partial charge in [0.05, 0.1) is 18.7 Å². The maximum atomic E-state index is 13.3. The molecule has 0 aliphatic rings. The van der Waals surface area contributed by atoms with Crippen molar-refractivity contribution < 1.29 is 29.4 Å². The van der Waals surface area contributed by atoms with E-state index in [1.54, 1.807) is 30.3 Å². The van der Waals surface area contributed by atoms with Gasteiger partial charge < -0.3 is 32.4 Å². The minimum absolute atomic E-state index is 0.0170. The molecule has 0 saturated carbocycles. The van der Waals surface area contributed by atoms with Crippen molar-refractivity contribution in [2.24, 2.45) is 16.7 Å². The Balaban J connectivity index is 2.52. The number of nitrogens with zero attached hydrogens (tertiary/aromatic N) is 2. The Bertz CT molecular complexity index is 1120. The van der Waals surface area contributed by atoms with E-state index in [2.05, 4.69) is 15.7 Å². The standard InChI is InChI=1S/C22H24N6O6S/c1-13(29)22(20(33)34,27-21(35)26-15-9-7-14(8-10-15)12-25-24)28(16-5-3-2-4-6-16)19(32)17(23)11-18(30)31/h2-10,12,17H,11,23-24H2,1H3,(H,30,31)(H,33,34)(H2,26,27,35)/t17-,22-/m0/s1. The van der Waals surface area contributed by atoms with Gasteiger partial charge in [0.1, 0.15) is 0 Å². The number of rotatable bonds is 10. The third-order valence-electron chi connectivity index (χ3n) is 4.79. The fourth-order valence-electron chi connectivity index (χ4n) is 3.17. The number of nitrogens with two attached hydrogens (primary N) is 2. The molecular weight excluding hydrogens is 476 g/mol. The molecule has 0 unspecified atom stereocenters. The van der Waals surface area contributed by atoms with Gasteiger partial charge in [-0.3, -0.25) is 19.3 Å². The van der Waals surface area contributed by atoms with Gasteiger partial charge in [-0.2, -0.15) is 5.10 Å². The van der Waals surface area contributed by atoms with Gasteiger partial charge in [0.15, 0.2) is 10.9 Å². The number of para-hydroxylation sites is 1. The number of thiocarbonyl (C=S) groups is 1. The number of carbonyl (C=O) groups is 4. The van der Waals surface area contributed by atoms with Crippen LogP contribution in [0.15, 0.2) is 59.7 Å². The fraction of sp³-hybridized carbons (Fsp3) is 0.182. The molecule has 0 aromatic heterocycles. The van der Waals surface area contributed by atoms with Crippen molar-refractivity contribution in [2.75, 3.05) is 10.2 Å². The van der Waals surface area contributed by atoms with Crippen LogP contribution in [0.3, 0.4) is 0 Å². The lowest BCUT2D eigenvalue weighted by Crippen LogP contribution is -2.73. The highest BCUT2D eigenvalue weighted by Gasteiger charge is 2.54. The predicted molar refractivity (Wildman–Crippen MR) is 133 cm³/mol. The number of Topliss-reactive ketones (excluding diaryl/α,β-unsaturated/α-hetero) is 1. The first-order valence-electron chi connectivity index (χ1n) is 10.1. The molecule has 0 bridgehead atoms. The van der Waals surface area contributed by atoms with Crippen LogP contribution in [0.5, 0.6) is 0 Å². The first-order chi connectivity index (χ1) is 16.5. The first kappa shape index (κ1) is 26.9. The van der Waals surface area contributed by atoms with Gasteiger partial charge in [-0.25, -0.2) is 4.79 Å². The van der Waals surface area contributed by atoms with Crippen molar-refractivity contribution in [2.45, 2.75) is 25.0 Å². The highest BCUT2D eigenvalue weighted by molar-refractivity contribution is 7.80. The van der Waals surface area contributed by atoms with Crippen LogP contribution in [-0.4, -0.2) is 56.9 Å². The third kappa shape index (κ3) is 6.37. The van der Waals surface area contributed by atoms with E-state index < -0.39 is 41.8 Å². The number of hydrogen-bond acceptors (Lipinski definition) is 8. The fourth-order valence-corrected chi connectivity index (χ4v) is 3.44. The molecule has 35 heavy (non-hydrogen) atoms. The highest BCUT2D eigenvalue weighted by Crippen LogP contribution is 2.26. The van der Waals surface area contributed by atoms with Crippen LogP contribution in [0.2, 0.25) is 0 Å². The van der Waals surface area contributed by atoms with Crippen LogP contribution in [0.25, 0.3) is 0 Å². The molecule has 0 aliphatic carbocycles. The smallest absolute Gasteiger partial charge is 0.359 e. The van der Waals surface area contributed by atoms with E-state index in [4.69, 9.17) is 28.9 Å². The van der Waals surface area contributed by atoms with Gasteiger partial charge in [-0.1, -0.05) is 30.3 Å². The SMILES string of the molecule is CC(=O)[C@@](NC(=S)Nc1ccc(C=NN)cc1)(C(=O)O)N(C(=O)[C@@H](N)CC(=O)O)c1ccccc1. The van der Waals surface area contributed by atoms with E-state index in [1.807, 2.05) is 0 Å². The number of aliphatic carboxylic acids is 2. The topological polar surface area (TPSA) is 200 Å². The van der Waals surface area contributed by atoms with E-state index in [0.29, 0.717) is 16.2 Å². The van der Waals surface area contributed by atoms with Gasteiger partial charge in [-0.05, 0) is 49.0 Å². The number of anilines is 2. The average Bonchev–Trinajstić information content (AvgIpc) is 2.79. The molecule has 2 aromatic carbocycles.